The second-order valence-electron chi connectivity index (χ2n) is 6.33. The van der Waals surface area contributed by atoms with Crippen molar-refractivity contribution >= 4 is 17.9 Å². The molecule has 0 atom stereocenters. The lowest BCUT2D eigenvalue weighted by Crippen LogP contribution is -2.12. The summed E-state index contributed by atoms with van der Waals surface area (Å²) in [5.74, 6) is -1.46. The average Bonchev–Trinajstić information content (AvgIpc) is 2.61. The first-order chi connectivity index (χ1) is 12.9. The van der Waals surface area contributed by atoms with Gasteiger partial charge in [0.25, 0.3) is 0 Å². The number of aliphatic carboxylic acids is 1. The molecule has 7 heteroatoms. The summed E-state index contributed by atoms with van der Waals surface area (Å²) in [5, 5.41) is 8.47. The minimum atomic E-state index is -0.830. The van der Waals surface area contributed by atoms with E-state index in [1.807, 2.05) is 19.0 Å². The molecular formula is C21H37NO6. The summed E-state index contributed by atoms with van der Waals surface area (Å²) in [7, 11) is 5.25. The number of methoxy groups -OCH3 is 1. The number of ether oxygens (including phenoxy) is 2. The van der Waals surface area contributed by atoms with Gasteiger partial charge in [-0.15, -0.1) is 0 Å². The molecule has 0 amide bonds. The van der Waals surface area contributed by atoms with Gasteiger partial charge < -0.3 is 19.5 Å². The fourth-order valence-electron chi connectivity index (χ4n) is 1.23. The lowest BCUT2D eigenvalue weighted by Gasteiger charge is -2.05. The van der Waals surface area contributed by atoms with Crippen LogP contribution in [0.1, 0.15) is 47.0 Å². The van der Waals surface area contributed by atoms with Crippen LogP contribution in [0.15, 0.2) is 36.0 Å². The number of hydrogen-bond donors (Lipinski definition) is 1. The fourth-order valence-corrected chi connectivity index (χ4v) is 1.23. The van der Waals surface area contributed by atoms with E-state index in [9.17, 15) is 14.4 Å². The van der Waals surface area contributed by atoms with Gasteiger partial charge in [-0.25, -0.2) is 14.4 Å². The first-order valence-electron chi connectivity index (χ1n) is 9.01. The number of nitrogens with zero attached hydrogens (tertiary/aromatic N) is 1. The number of carbonyl (C=O) groups is 3. The summed E-state index contributed by atoms with van der Waals surface area (Å²) >= 11 is 0. The van der Waals surface area contributed by atoms with Crippen molar-refractivity contribution in [2.24, 2.45) is 0 Å². The highest BCUT2D eigenvalue weighted by atomic mass is 16.5. The van der Waals surface area contributed by atoms with Crippen molar-refractivity contribution < 1.29 is 29.0 Å². The molecule has 0 aromatic heterocycles. The van der Waals surface area contributed by atoms with Crippen LogP contribution in [0.2, 0.25) is 0 Å². The van der Waals surface area contributed by atoms with Gasteiger partial charge in [0.05, 0.1) is 13.7 Å². The van der Waals surface area contributed by atoms with Gasteiger partial charge in [0, 0.05) is 23.3 Å². The lowest BCUT2D eigenvalue weighted by molar-refractivity contribution is -0.139. The van der Waals surface area contributed by atoms with E-state index in [0.29, 0.717) is 23.3 Å². The van der Waals surface area contributed by atoms with Gasteiger partial charge in [-0.3, -0.25) is 0 Å². The van der Waals surface area contributed by atoms with E-state index >= 15 is 0 Å². The maximum atomic E-state index is 10.7. The van der Waals surface area contributed by atoms with E-state index in [1.54, 1.807) is 26.8 Å². The largest absolute Gasteiger partial charge is 0.478 e. The van der Waals surface area contributed by atoms with Crippen LogP contribution in [0.3, 0.4) is 0 Å². The molecule has 0 radical (unpaired) electrons. The van der Waals surface area contributed by atoms with Crippen molar-refractivity contribution in [3.05, 3.63) is 36.0 Å². The van der Waals surface area contributed by atoms with E-state index in [4.69, 9.17) is 9.84 Å². The molecule has 0 aromatic rings. The van der Waals surface area contributed by atoms with Gasteiger partial charge in [-0.1, -0.05) is 32.6 Å². The molecule has 0 unspecified atom stereocenters. The Morgan fingerprint density at radius 3 is 1.82 bits per heavy atom. The summed E-state index contributed by atoms with van der Waals surface area (Å²) in [4.78, 5) is 33.2. The SMILES string of the molecule is C=C(C)C(=O)OC.C=C(C)C(=O)OCCCC.CC(=CCCN(C)C)C(=O)O. The molecule has 0 spiro atoms. The summed E-state index contributed by atoms with van der Waals surface area (Å²) in [6, 6.07) is 0. The first-order valence-corrected chi connectivity index (χ1v) is 9.01. The summed E-state index contributed by atoms with van der Waals surface area (Å²) in [5.41, 5.74) is 1.32. The van der Waals surface area contributed by atoms with Gasteiger partial charge in [0.2, 0.25) is 0 Å². The van der Waals surface area contributed by atoms with E-state index in [1.165, 1.54) is 7.11 Å². The highest BCUT2D eigenvalue weighted by Gasteiger charge is 2.00. The smallest absolute Gasteiger partial charge is 0.333 e. The lowest BCUT2D eigenvalue weighted by atomic mass is 10.2. The number of rotatable bonds is 9. The van der Waals surface area contributed by atoms with Crippen molar-refractivity contribution in [2.75, 3.05) is 34.4 Å². The number of unbranched alkanes of at least 4 members (excludes halogenated alkanes) is 1. The third kappa shape index (κ3) is 23.6. The zero-order valence-electron chi connectivity index (χ0n) is 18.5. The number of esters is 2. The number of carbonyl (C=O) groups excluding carboxylic acids is 2. The van der Waals surface area contributed by atoms with E-state index in [0.717, 1.165) is 25.8 Å². The van der Waals surface area contributed by atoms with Gasteiger partial charge in [0.1, 0.15) is 0 Å². The Hall–Kier alpha value is -2.41. The molecule has 0 heterocycles. The molecular weight excluding hydrogens is 362 g/mol. The summed E-state index contributed by atoms with van der Waals surface area (Å²) in [6.07, 6.45) is 4.51. The Morgan fingerprint density at radius 1 is 1.04 bits per heavy atom. The normalized spacial score (nSPS) is 9.93. The van der Waals surface area contributed by atoms with Crippen molar-refractivity contribution in [1.82, 2.24) is 4.90 Å². The second-order valence-corrected chi connectivity index (χ2v) is 6.33. The van der Waals surface area contributed by atoms with Gasteiger partial charge >= 0.3 is 17.9 Å². The second kappa shape index (κ2) is 19.4. The van der Waals surface area contributed by atoms with Crippen LogP contribution in [0.25, 0.3) is 0 Å². The van der Waals surface area contributed by atoms with Crippen molar-refractivity contribution in [3.63, 3.8) is 0 Å². The highest BCUT2D eigenvalue weighted by Crippen LogP contribution is 1.95. The zero-order valence-corrected chi connectivity index (χ0v) is 18.5. The monoisotopic (exact) mass is 399 g/mol. The van der Waals surface area contributed by atoms with Crippen molar-refractivity contribution in [3.8, 4) is 0 Å². The van der Waals surface area contributed by atoms with Crippen molar-refractivity contribution in [2.45, 2.75) is 47.0 Å². The molecule has 28 heavy (non-hydrogen) atoms. The van der Waals surface area contributed by atoms with Gasteiger partial charge in [-0.05, 0) is 47.7 Å². The van der Waals surface area contributed by atoms with E-state index < -0.39 is 5.97 Å². The van der Waals surface area contributed by atoms with Crippen LogP contribution < -0.4 is 0 Å². The predicted octanol–water partition coefficient (Wildman–Crippen LogP) is 3.61. The maximum Gasteiger partial charge on any atom is 0.333 e. The molecule has 0 bridgehead atoms. The number of hydrogen-bond acceptors (Lipinski definition) is 6. The highest BCUT2D eigenvalue weighted by molar-refractivity contribution is 5.87. The fraction of sp³-hybridized carbons (Fsp3) is 0.571. The van der Waals surface area contributed by atoms with Crippen LogP contribution in [-0.4, -0.2) is 62.3 Å². The molecule has 0 aliphatic heterocycles. The summed E-state index contributed by atoms with van der Waals surface area (Å²) < 4.78 is 9.08. The number of carboxylic acids is 1. The van der Waals surface area contributed by atoms with Crippen LogP contribution >= 0.6 is 0 Å². The van der Waals surface area contributed by atoms with Crippen LogP contribution in [0, 0.1) is 0 Å². The Morgan fingerprint density at radius 2 is 1.54 bits per heavy atom. The minimum absolute atomic E-state index is 0.284. The van der Waals surface area contributed by atoms with Crippen molar-refractivity contribution in [1.29, 1.82) is 0 Å². The average molecular weight is 400 g/mol. The zero-order chi connectivity index (χ0) is 22.7. The number of carboxylic acid groups (broad SMARTS) is 1. The molecule has 0 aliphatic carbocycles. The molecule has 1 N–H and O–H groups in total. The molecule has 0 aromatic carbocycles. The third-order valence-electron chi connectivity index (χ3n) is 2.98. The van der Waals surface area contributed by atoms with Crippen LogP contribution in [0.5, 0.6) is 0 Å². The van der Waals surface area contributed by atoms with E-state index in [-0.39, 0.29) is 11.9 Å². The quantitative estimate of drug-likeness (QED) is 0.360. The van der Waals surface area contributed by atoms with Crippen LogP contribution in [0.4, 0.5) is 0 Å². The molecule has 0 aliphatic rings. The topological polar surface area (TPSA) is 93.1 Å². The molecule has 0 saturated carbocycles. The molecule has 0 saturated heterocycles. The molecule has 162 valence electrons. The minimum Gasteiger partial charge on any atom is -0.478 e. The van der Waals surface area contributed by atoms with Gasteiger partial charge in [0.15, 0.2) is 0 Å². The van der Waals surface area contributed by atoms with Gasteiger partial charge in [-0.2, -0.15) is 0 Å². The van der Waals surface area contributed by atoms with Crippen LogP contribution in [-0.2, 0) is 23.9 Å². The van der Waals surface area contributed by atoms with E-state index in [2.05, 4.69) is 24.8 Å². The third-order valence-corrected chi connectivity index (χ3v) is 2.98. The maximum absolute atomic E-state index is 10.7. The predicted molar refractivity (Wildman–Crippen MR) is 112 cm³/mol. The Bertz CT molecular complexity index is 535. The Kier molecular flexibility index (Phi) is 21.0. The molecule has 7 nitrogen and oxygen atoms in total. The standard InChI is InChI=1S/C8H15NO2.C8H14O2.C5H8O2/c1-7(8(10)11)5-4-6-9(2)3;1-4-5-6-10-8(9)7(2)3;1-4(2)5(6)7-3/h5H,4,6H2,1-3H3,(H,10,11);2,4-6H2,1,3H3;1H2,2-3H3. The molecule has 0 rings (SSSR count). The molecule has 0 fully saturated rings. The first kappa shape index (κ1) is 30.3. The Balaban J connectivity index is -0.000000343. The Labute approximate surface area is 169 Å². The summed E-state index contributed by atoms with van der Waals surface area (Å²) in [6.45, 7) is 15.1.